The van der Waals surface area contributed by atoms with Gasteiger partial charge in [0.1, 0.15) is 5.75 Å². The molecule has 0 aliphatic rings. The Morgan fingerprint density at radius 3 is 2.89 bits per heavy atom. The van der Waals surface area contributed by atoms with E-state index in [4.69, 9.17) is 0 Å². The SMILES string of the molecule is Cc1csc(CCNC(=O)Cc2ccccc2O)n1. The van der Waals surface area contributed by atoms with Crippen LogP contribution in [-0.2, 0) is 17.6 Å². The number of benzene rings is 1. The topological polar surface area (TPSA) is 62.2 Å². The first-order valence-corrected chi connectivity index (χ1v) is 6.97. The number of hydrogen-bond acceptors (Lipinski definition) is 4. The van der Waals surface area contributed by atoms with E-state index >= 15 is 0 Å². The van der Waals surface area contributed by atoms with Crippen molar-refractivity contribution in [2.75, 3.05) is 6.54 Å². The lowest BCUT2D eigenvalue weighted by Crippen LogP contribution is -2.27. The molecule has 0 fully saturated rings. The van der Waals surface area contributed by atoms with Crippen molar-refractivity contribution in [1.29, 1.82) is 0 Å². The predicted molar refractivity (Wildman–Crippen MR) is 75.4 cm³/mol. The van der Waals surface area contributed by atoms with Crippen molar-refractivity contribution in [2.24, 2.45) is 0 Å². The normalized spacial score (nSPS) is 10.4. The van der Waals surface area contributed by atoms with Gasteiger partial charge in [-0.1, -0.05) is 18.2 Å². The largest absolute Gasteiger partial charge is 0.508 e. The molecule has 0 radical (unpaired) electrons. The molecule has 2 N–H and O–H groups in total. The maximum Gasteiger partial charge on any atom is 0.224 e. The average molecular weight is 276 g/mol. The quantitative estimate of drug-likeness (QED) is 0.878. The molecule has 0 saturated heterocycles. The molecule has 5 heteroatoms. The van der Waals surface area contributed by atoms with E-state index in [1.807, 2.05) is 12.3 Å². The lowest BCUT2D eigenvalue weighted by Gasteiger charge is -2.05. The van der Waals surface area contributed by atoms with Crippen LogP contribution in [0.5, 0.6) is 5.75 Å². The zero-order chi connectivity index (χ0) is 13.7. The number of aromatic nitrogens is 1. The van der Waals surface area contributed by atoms with Crippen molar-refractivity contribution in [3.63, 3.8) is 0 Å². The minimum atomic E-state index is -0.0882. The summed E-state index contributed by atoms with van der Waals surface area (Å²) < 4.78 is 0. The van der Waals surface area contributed by atoms with Crippen LogP contribution in [0.15, 0.2) is 29.6 Å². The van der Waals surface area contributed by atoms with Crippen LogP contribution in [0.1, 0.15) is 16.3 Å². The second kappa shape index (κ2) is 6.33. The summed E-state index contributed by atoms with van der Waals surface area (Å²) in [5.41, 5.74) is 1.66. The molecule has 0 aliphatic heterocycles. The zero-order valence-corrected chi connectivity index (χ0v) is 11.5. The molecule has 0 spiro atoms. The Hall–Kier alpha value is -1.88. The number of phenolic OH excluding ortho intramolecular Hbond substituents is 1. The first kappa shape index (κ1) is 13.5. The first-order chi connectivity index (χ1) is 9.15. The van der Waals surface area contributed by atoms with Gasteiger partial charge in [0.25, 0.3) is 0 Å². The maximum absolute atomic E-state index is 11.7. The molecule has 0 saturated carbocycles. The highest BCUT2D eigenvalue weighted by atomic mass is 32.1. The molecule has 0 unspecified atom stereocenters. The van der Waals surface area contributed by atoms with Gasteiger partial charge in [0.15, 0.2) is 0 Å². The number of aromatic hydroxyl groups is 1. The van der Waals surface area contributed by atoms with Gasteiger partial charge < -0.3 is 10.4 Å². The molecule has 19 heavy (non-hydrogen) atoms. The zero-order valence-electron chi connectivity index (χ0n) is 10.7. The van der Waals surface area contributed by atoms with Crippen molar-refractivity contribution >= 4 is 17.2 Å². The number of phenols is 1. The number of amides is 1. The Kier molecular flexibility index (Phi) is 4.52. The molecule has 1 aromatic carbocycles. The van der Waals surface area contributed by atoms with E-state index in [0.29, 0.717) is 12.1 Å². The number of thiazole rings is 1. The van der Waals surface area contributed by atoms with Gasteiger partial charge in [0.2, 0.25) is 5.91 Å². The fourth-order valence-corrected chi connectivity index (χ4v) is 2.50. The van der Waals surface area contributed by atoms with Crippen LogP contribution < -0.4 is 5.32 Å². The van der Waals surface area contributed by atoms with Crippen LogP contribution in [0.25, 0.3) is 0 Å². The van der Waals surface area contributed by atoms with Gasteiger partial charge in [-0.15, -0.1) is 11.3 Å². The highest BCUT2D eigenvalue weighted by Crippen LogP contribution is 2.15. The smallest absolute Gasteiger partial charge is 0.224 e. The summed E-state index contributed by atoms with van der Waals surface area (Å²) >= 11 is 1.61. The standard InChI is InChI=1S/C14H16N2O2S/c1-10-9-19-14(16-10)6-7-15-13(18)8-11-4-2-3-5-12(11)17/h2-5,9,17H,6-8H2,1H3,(H,15,18). The summed E-state index contributed by atoms with van der Waals surface area (Å²) in [7, 11) is 0. The molecule has 2 aromatic rings. The predicted octanol–water partition coefficient (Wildman–Crippen LogP) is 2.06. The third-order valence-electron chi connectivity index (χ3n) is 2.67. The Labute approximate surface area is 116 Å². The van der Waals surface area contributed by atoms with Crippen LogP contribution in [-0.4, -0.2) is 22.5 Å². The summed E-state index contributed by atoms with van der Waals surface area (Å²) in [5.74, 6) is 0.0722. The molecular weight excluding hydrogens is 260 g/mol. The first-order valence-electron chi connectivity index (χ1n) is 6.10. The second-order valence-corrected chi connectivity index (χ2v) is 5.23. The molecular formula is C14H16N2O2S. The van der Waals surface area contributed by atoms with Gasteiger partial charge in [-0.05, 0) is 13.0 Å². The molecule has 1 amide bonds. The summed E-state index contributed by atoms with van der Waals surface area (Å²) in [6.45, 7) is 2.52. The second-order valence-electron chi connectivity index (χ2n) is 4.29. The van der Waals surface area contributed by atoms with Crippen LogP contribution >= 0.6 is 11.3 Å². The Morgan fingerprint density at radius 1 is 1.42 bits per heavy atom. The Morgan fingerprint density at radius 2 is 2.21 bits per heavy atom. The van der Waals surface area contributed by atoms with Crippen LogP contribution in [0.4, 0.5) is 0 Å². The van der Waals surface area contributed by atoms with E-state index in [2.05, 4.69) is 10.3 Å². The highest BCUT2D eigenvalue weighted by Gasteiger charge is 2.07. The van der Waals surface area contributed by atoms with Gasteiger partial charge in [-0.25, -0.2) is 4.98 Å². The number of aryl methyl sites for hydroxylation is 1. The number of carbonyl (C=O) groups is 1. The molecule has 1 aromatic heterocycles. The van der Waals surface area contributed by atoms with E-state index in [-0.39, 0.29) is 18.1 Å². The van der Waals surface area contributed by atoms with E-state index < -0.39 is 0 Å². The minimum absolute atomic E-state index is 0.0882. The van der Waals surface area contributed by atoms with Crippen molar-refractivity contribution in [1.82, 2.24) is 10.3 Å². The van der Waals surface area contributed by atoms with Gasteiger partial charge in [0, 0.05) is 29.6 Å². The van der Waals surface area contributed by atoms with Gasteiger partial charge in [-0.2, -0.15) is 0 Å². The molecule has 0 atom stereocenters. The molecule has 4 nitrogen and oxygen atoms in total. The van der Waals surface area contributed by atoms with Crippen molar-refractivity contribution in [2.45, 2.75) is 19.8 Å². The van der Waals surface area contributed by atoms with Crippen LogP contribution in [0.2, 0.25) is 0 Å². The van der Waals surface area contributed by atoms with E-state index in [0.717, 1.165) is 17.1 Å². The number of carbonyl (C=O) groups excluding carboxylic acids is 1. The minimum Gasteiger partial charge on any atom is -0.508 e. The summed E-state index contributed by atoms with van der Waals surface area (Å²) in [5, 5.41) is 15.4. The number of nitrogens with zero attached hydrogens (tertiary/aromatic N) is 1. The van der Waals surface area contributed by atoms with Gasteiger partial charge in [0.05, 0.1) is 11.4 Å². The molecule has 1 heterocycles. The van der Waals surface area contributed by atoms with Crippen molar-refractivity contribution in [3.05, 3.63) is 45.9 Å². The third-order valence-corrected chi connectivity index (χ3v) is 3.70. The lowest BCUT2D eigenvalue weighted by atomic mass is 10.1. The van der Waals surface area contributed by atoms with Crippen LogP contribution in [0, 0.1) is 6.92 Å². The number of rotatable bonds is 5. The third kappa shape index (κ3) is 4.06. The van der Waals surface area contributed by atoms with Gasteiger partial charge >= 0.3 is 0 Å². The molecule has 0 aliphatic carbocycles. The van der Waals surface area contributed by atoms with Crippen molar-refractivity contribution in [3.8, 4) is 5.75 Å². The maximum atomic E-state index is 11.7. The van der Waals surface area contributed by atoms with E-state index in [1.54, 1.807) is 35.6 Å². The monoisotopic (exact) mass is 276 g/mol. The van der Waals surface area contributed by atoms with E-state index in [9.17, 15) is 9.90 Å². The summed E-state index contributed by atoms with van der Waals surface area (Å²) in [6, 6.07) is 6.88. The molecule has 100 valence electrons. The number of para-hydroxylation sites is 1. The number of nitrogens with one attached hydrogen (secondary N) is 1. The number of hydrogen-bond donors (Lipinski definition) is 2. The summed E-state index contributed by atoms with van der Waals surface area (Å²) in [6.07, 6.45) is 0.939. The Balaban J connectivity index is 1.77. The average Bonchev–Trinajstić information content (AvgIpc) is 2.78. The fourth-order valence-electron chi connectivity index (χ4n) is 1.72. The Bertz CT molecular complexity index is 566. The van der Waals surface area contributed by atoms with Crippen LogP contribution in [0.3, 0.4) is 0 Å². The lowest BCUT2D eigenvalue weighted by molar-refractivity contribution is -0.120. The highest BCUT2D eigenvalue weighted by molar-refractivity contribution is 7.09. The fraction of sp³-hybridized carbons (Fsp3) is 0.286. The molecule has 2 rings (SSSR count). The molecule has 0 bridgehead atoms. The van der Waals surface area contributed by atoms with Crippen molar-refractivity contribution < 1.29 is 9.90 Å². The van der Waals surface area contributed by atoms with E-state index in [1.165, 1.54) is 0 Å². The summed E-state index contributed by atoms with van der Waals surface area (Å²) in [4.78, 5) is 16.1. The van der Waals surface area contributed by atoms with Gasteiger partial charge in [-0.3, -0.25) is 4.79 Å².